The minimum atomic E-state index is -1.15. The van der Waals surface area contributed by atoms with Gasteiger partial charge in [-0.1, -0.05) is 36.4 Å². The van der Waals surface area contributed by atoms with E-state index in [9.17, 15) is 14.3 Å². The Bertz CT molecular complexity index is 842. The molecule has 1 amide bonds. The van der Waals surface area contributed by atoms with Crippen LogP contribution < -0.4 is 5.73 Å². The summed E-state index contributed by atoms with van der Waals surface area (Å²) in [5.41, 5.74) is 7.53. The van der Waals surface area contributed by atoms with Crippen LogP contribution in [0.25, 0.3) is 0 Å². The summed E-state index contributed by atoms with van der Waals surface area (Å²) >= 11 is 0. The van der Waals surface area contributed by atoms with Gasteiger partial charge in [0.1, 0.15) is 17.5 Å². The van der Waals surface area contributed by atoms with Gasteiger partial charge in [0, 0.05) is 19.5 Å². The zero-order valence-corrected chi connectivity index (χ0v) is 15.0. The summed E-state index contributed by atoms with van der Waals surface area (Å²) in [5.74, 6) is -0.476. The first-order valence-corrected chi connectivity index (χ1v) is 9.18. The number of aliphatic hydroxyl groups is 1. The van der Waals surface area contributed by atoms with Crippen molar-refractivity contribution < 1.29 is 19.0 Å². The van der Waals surface area contributed by atoms with Gasteiger partial charge in [-0.3, -0.25) is 4.79 Å². The Balaban J connectivity index is 1.69. The number of amides is 1. The van der Waals surface area contributed by atoms with Crippen molar-refractivity contribution in [1.29, 1.82) is 0 Å². The summed E-state index contributed by atoms with van der Waals surface area (Å²) in [5, 5.41) is 10.3. The molecule has 5 nitrogen and oxygen atoms in total. The first-order chi connectivity index (χ1) is 13.0. The lowest BCUT2D eigenvalue weighted by Gasteiger charge is -2.39. The molecule has 4 rings (SSSR count). The van der Waals surface area contributed by atoms with Crippen molar-refractivity contribution in [3.05, 3.63) is 71.0 Å². The van der Waals surface area contributed by atoms with Gasteiger partial charge in [0.15, 0.2) is 0 Å². The highest BCUT2D eigenvalue weighted by atomic mass is 19.1. The van der Waals surface area contributed by atoms with Crippen LogP contribution >= 0.6 is 0 Å². The normalized spacial score (nSPS) is 27.4. The van der Waals surface area contributed by atoms with Crippen molar-refractivity contribution in [3.63, 3.8) is 0 Å². The Morgan fingerprint density at radius 1 is 1.26 bits per heavy atom. The third-order valence-electron chi connectivity index (χ3n) is 5.53. The first kappa shape index (κ1) is 18.1. The van der Waals surface area contributed by atoms with Crippen molar-refractivity contribution in [2.45, 2.75) is 30.6 Å². The lowest BCUT2D eigenvalue weighted by Crippen LogP contribution is -2.46. The molecule has 3 N–H and O–H groups in total. The third-order valence-corrected chi connectivity index (χ3v) is 5.53. The number of ether oxygens (including phenoxy) is 1. The summed E-state index contributed by atoms with van der Waals surface area (Å²) in [6, 6.07) is 14.0. The fourth-order valence-corrected chi connectivity index (χ4v) is 4.01. The zero-order chi connectivity index (χ0) is 19.0. The molecule has 3 atom stereocenters. The second kappa shape index (κ2) is 7.03. The van der Waals surface area contributed by atoms with E-state index in [1.54, 1.807) is 17.0 Å². The summed E-state index contributed by atoms with van der Waals surface area (Å²) < 4.78 is 19.0. The van der Waals surface area contributed by atoms with E-state index in [0.29, 0.717) is 6.54 Å². The summed E-state index contributed by atoms with van der Waals surface area (Å²) in [7, 11) is 0. The van der Waals surface area contributed by atoms with Gasteiger partial charge < -0.3 is 20.5 Å². The molecule has 1 fully saturated rings. The van der Waals surface area contributed by atoms with Gasteiger partial charge in [0.05, 0.1) is 12.6 Å². The molecule has 2 aromatic carbocycles. The standard InChI is InChI=1S/C21H23FN2O3/c22-16-7-5-15(6-8-16)19-17-4-2-1-3-14(17)9-10-24(19)20(25)18-11-21(26,12-23)13-27-18/h1-8,18-19,26H,9-13,23H2/t18-,19+,21-/m1/s1. The van der Waals surface area contributed by atoms with E-state index in [2.05, 4.69) is 6.07 Å². The number of carbonyl (C=O) groups excluding carboxylic acids is 1. The number of carbonyl (C=O) groups is 1. The second-order valence-electron chi connectivity index (χ2n) is 7.37. The predicted molar refractivity (Wildman–Crippen MR) is 98.5 cm³/mol. The average molecular weight is 370 g/mol. The third kappa shape index (κ3) is 3.36. The van der Waals surface area contributed by atoms with Crippen LogP contribution in [0.5, 0.6) is 0 Å². The lowest BCUT2D eigenvalue weighted by molar-refractivity contribution is -0.143. The topological polar surface area (TPSA) is 75.8 Å². The van der Waals surface area contributed by atoms with E-state index in [1.165, 1.54) is 17.7 Å². The van der Waals surface area contributed by atoms with Gasteiger partial charge in [0.2, 0.25) is 0 Å². The average Bonchev–Trinajstić information content (AvgIpc) is 3.10. The summed E-state index contributed by atoms with van der Waals surface area (Å²) in [6.45, 7) is 0.658. The van der Waals surface area contributed by atoms with E-state index in [4.69, 9.17) is 10.5 Å². The maximum atomic E-state index is 13.4. The van der Waals surface area contributed by atoms with E-state index in [-0.39, 0.29) is 37.3 Å². The molecule has 2 heterocycles. The van der Waals surface area contributed by atoms with Gasteiger partial charge >= 0.3 is 0 Å². The molecule has 0 bridgehead atoms. The smallest absolute Gasteiger partial charge is 0.252 e. The largest absolute Gasteiger partial charge is 0.386 e. The molecule has 0 aromatic heterocycles. The minimum absolute atomic E-state index is 0.0566. The van der Waals surface area contributed by atoms with Crippen LogP contribution in [0.2, 0.25) is 0 Å². The van der Waals surface area contributed by atoms with Gasteiger partial charge in [-0.05, 0) is 35.2 Å². The molecule has 2 aliphatic heterocycles. The second-order valence-corrected chi connectivity index (χ2v) is 7.37. The number of fused-ring (bicyclic) bond motifs is 1. The van der Waals surface area contributed by atoms with Crippen molar-refractivity contribution >= 4 is 5.91 Å². The summed E-state index contributed by atoms with van der Waals surface area (Å²) in [4.78, 5) is 15.0. The van der Waals surface area contributed by atoms with Gasteiger partial charge in [-0.15, -0.1) is 0 Å². The Labute approximate surface area is 157 Å². The minimum Gasteiger partial charge on any atom is -0.386 e. The van der Waals surface area contributed by atoms with Gasteiger partial charge in [0.25, 0.3) is 5.91 Å². The first-order valence-electron chi connectivity index (χ1n) is 9.18. The molecule has 1 saturated heterocycles. The number of halogens is 1. The fraction of sp³-hybridized carbons (Fsp3) is 0.381. The molecule has 6 heteroatoms. The molecule has 27 heavy (non-hydrogen) atoms. The van der Waals surface area contributed by atoms with E-state index in [1.807, 2.05) is 18.2 Å². The van der Waals surface area contributed by atoms with Crippen LogP contribution in [0.4, 0.5) is 4.39 Å². The van der Waals surface area contributed by atoms with Crippen LogP contribution in [-0.4, -0.2) is 47.3 Å². The van der Waals surface area contributed by atoms with E-state index < -0.39 is 11.7 Å². The SMILES string of the molecule is NC[C@@]1(O)CO[C@@H](C(=O)N2CCc3ccccc3[C@@H]2c2ccc(F)cc2)C1. The van der Waals surface area contributed by atoms with E-state index in [0.717, 1.165) is 17.5 Å². The quantitative estimate of drug-likeness (QED) is 0.864. The van der Waals surface area contributed by atoms with Gasteiger partial charge in [-0.2, -0.15) is 0 Å². The fourth-order valence-electron chi connectivity index (χ4n) is 4.01. The highest BCUT2D eigenvalue weighted by Gasteiger charge is 2.44. The Kier molecular flexibility index (Phi) is 4.72. The molecule has 2 aliphatic rings. The number of hydrogen-bond acceptors (Lipinski definition) is 4. The van der Waals surface area contributed by atoms with Crippen molar-refractivity contribution in [3.8, 4) is 0 Å². The molecule has 0 saturated carbocycles. The lowest BCUT2D eigenvalue weighted by atomic mass is 9.87. The monoisotopic (exact) mass is 370 g/mol. The molecular formula is C21H23FN2O3. The highest BCUT2D eigenvalue weighted by molar-refractivity contribution is 5.82. The van der Waals surface area contributed by atoms with Crippen LogP contribution in [0.1, 0.15) is 29.2 Å². The molecule has 142 valence electrons. The Morgan fingerprint density at radius 3 is 2.70 bits per heavy atom. The number of nitrogens with zero attached hydrogens (tertiary/aromatic N) is 1. The maximum Gasteiger partial charge on any atom is 0.252 e. The Hall–Kier alpha value is -2.28. The van der Waals surface area contributed by atoms with Crippen LogP contribution in [0.3, 0.4) is 0 Å². The number of benzene rings is 2. The van der Waals surface area contributed by atoms with Crippen molar-refractivity contribution in [2.24, 2.45) is 5.73 Å². The number of nitrogens with two attached hydrogens (primary N) is 1. The number of rotatable bonds is 3. The molecular weight excluding hydrogens is 347 g/mol. The van der Waals surface area contributed by atoms with E-state index >= 15 is 0 Å². The van der Waals surface area contributed by atoms with Gasteiger partial charge in [-0.25, -0.2) is 4.39 Å². The zero-order valence-electron chi connectivity index (χ0n) is 15.0. The Morgan fingerprint density at radius 2 is 2.00 bits per heavy atom. The molecule has 0 aliphatic carbocycles. The van der Waals surface area contributed by atoms with Crippen LogP contribution in [0, 0.1) is 5.82 Å². The van der Waals surface area contributed by atoms with Crippen molar-refractivity contribution in [1.82, 2.24) is 4.90 Å². The summed E-state index contributed by atoms with van der Waals surface area (Å²) in [6.07, 6.45) is 0.219. The van der Waals surface area contributed by atoms with Crippen LogP contribution in [0.15, 0.2) is 48.5 Å². The predicted octanol–water partition coefficient (Wildman–Crippen LogP) is 1.78. The highest BCUT2D eigenvalue weighted by Crippen LogP contribution is 2.37. The van der Waals surface area contributed by atoms with Crippen LogP contribution in [-0.2, 0) is 16.0 Å². The molecule has 0 unspecified atom stereocenters. The molecule has 0 radical (unpaired) electrons. The molecule has 0 spiro atoms. The van der Waals surface area contributed by atoms with Crippen molar-refractivity contribution in [2.75, 3.05) is 19.7 Å². The maximum absolute atomic E-state index is 13.4. The number of hydrogen-bond donors (Lipinski definition) is 2. The molecule has 2 aromatic rings.